The second kappa shape index (κ2) is 8.91. The van der Waals surface area contributed by atoms with Crippen molar-refractivity contribution in [1.82, 2.24) is 0 Å². The number of fused-ring (bicyclic) bond motifs is 4. The van der Waals surface area contributed by atoms with Crippen LogP contribution in [0.2, 0.25) is 0 Å². The highest BCUT2D eigenvalue weighted by Gasteiger charge is 2.55. The Morgan fingerprint density at radius 1 is 0.846 bits per heavy atom. The maximum Gasteiger partial charge on any atom is 0.244 e. The quantitative estimate of drug-likeness (QED) is 0.218. The molecule has 2 unspecified atom stereocenters. The van der Waals surface area contributed by atoms with E-state index in [0.29, 0.717) is 11.8 Å². The third-order valence-corrected chi connectivity index (χ3v) is 9.02. The fourth-order valence-corrected chi connectivity index (χ4v) is 7.54. The Balaban J connectivity index is 1.49. The molecule has 0 aromatic heterocycles. The summed E-state index contributed by atoms with van der Waals surface area (Å²) in [5, 5.41) is 3.64. The normalized spacial score (nSPS) is 20.2. The lowest BCUT2D eigenvalue weighted by atomic mass is 9.34. The van der Waals surface area contributed by atoms with Gasteiger partial charge in [0.2, 0.25) is 6.71 Å². The molecule has 1 N–H and O–H groups in total. The van der Waals surface area contributed by atoms with Gasteiger partial charge >= 0.3 is 0 Å². The van der Waals surface area contributed by atoms with Crippen molar-refractivity contribution in [2.75, 3.05) is 10.2 Å². The molecule has 2 nitrogen and oxygen atoms in total. The summed E-state index contributed by atoms with van der Waals surface area (Å²) in [5.41, 5.74) is 13.2. The van der Waals surface area contributed by atoms with Crippen molar-refractivity contribution in [2.45, 2.75) is 20.8 Å². The summed E-state index contributed by atoms with van der Waals surface area (Å²) in [6.45, 7) is 11.5. The molecule has 7 rings (SSSR count). The van der Waals surface area contributed by atoms with Crippen LogP contribution in [0.15, 0.2) is 127 Å². The van der Waals surface area contributed by atoms with Gasteiger partial charge in [0, 0.05) is 28.4 Å². The minimum Gasteiger partial charge on any atom is -0.355 e. The predicted octanol–water partition coefficient (Wildman–Crippen LogP) is 8.16. The lowest BCUT2D eigenvalue weighted by Crippen LogP contribution is -2.51. The molecule has 3 heteroatoms. The van der Waals surface area contributed by atoms with Crippen molar-refractivity contribution in [3.05, 3.63) is 133 Å². The summed E-state index contributed by atoms with van der Waals surface area (Å²) in [5.74, 6) is 0.700. The fourth-order valence-electron chi connectivity index (χ4n) is 7.54. The largest absolute Gasteiger partial charge is 0.355 e. The molecule has 0 saturated carbocycles. The van der Waals surface area contributed by atoms with E-state index < -0.39 is 0 Å². The molecular formula is C36H33BN2. The van der Waals surface area contributed by atoms with Crippen LogP contribution in [0.3, 0.4) is 0 Å². The first-order chi connectivity index (χ1) is 19.0. The van der Waals surface area contributed by atoms with Gasteiger partial charge in [-0.3, -0.25) is 0 Å². The van der Waals surface area contributed by atoms with Gasteiger partial charge < -0.3 is 10.2 Å². The van der Waals surface area contributed by atoms with Gasteiger partial charge in [-0.2, -0.15) is 0 Å². The van der Waals surface area contributed by atoms with E-state index in [4.69, 9.17) is 0 Å². The molecule has 0 spiro atoms. The van der Waals surface area contributed by atoms with E-state index in [0.717, 1.165) is 11.4 Å². The first kappa shape index (κ1) is 23.9. The average molecular weight is 504 g/mol. The van der Waals surface area contributed by atoms with E-state index in [1.807, 2.05) is 0 Å². The summed E-state index contributed by atoms with van der Waals surface area (Å²) in [6.07, 6.45) is 6.83. The Kier molecular flexibility index (Phi) is 5.45. The lowest BCUT2D eigenvalue weighted by molar-refractivity contribution is 0.345. The summed E-state index contributed by atoms with van der Waals surface area (Å²) in [7, 11) is 0. The van der Waals surface area contributed by atoms with Crippen LogP contribution in [-0.4, -0.2) is 6.71 Å². The number of para-hydroxylation sites is 2. The van der Waals surface area contributed by atoms with Crippen LogP contribution in [-0.2, 0) is 0 Å². The van der Waals surface area contributed by atoms with Gasteiger partial charge in [0.1, 0.15) is 0 Å². The highest BCUT2D eigenvalue weighted by Crippen LogP contribution is 2.59. The van der Waals surface area contributed by atoms with Gasteiger partial charge in [0.05, 0.1) is 0 Å². The number of nitrogens with one attached hydrogen (secondary N) is 1. The van der Waals surface area contributed by atoms with Gasteiger partial charge in [-0.15, -0.1) is 6.58 Å². The molecule has 4 aromatic carbocycles. The van der Waals surface area contributed by atoms with Crippen molar-refractivity contribution in [3.63, 3.8) is 0 Å². The molecule has 4 aromatic rings. The van der Waals surface area contributed by atoms with Crippen LogP contribution >= 0.6 is 0 Å². The molecule has 39 heavy (non-hydrogen) atoms. The zero-order valence-electron chi connectivity index (χ0n) is 22.9. The van der Waals surface area contributed by atoms with Gasteiger partial charge in [-0.05, 0) is 88.7 Å². The van der Waals surface area contributed by atoms with Gasteiger partial charge in [-0.1, -0.05) is 92.1 Å². The summed E-state index contributed by atoms with van der Waals surface area (Å²) >= 11 is 0. The zero-order valence-corrected chi connectivity index (χ0v) is 22.9. The highest BCUT2D eigenvalue weighted by molar-refractivity contribution is 6.96. The van der Waals surface area contributed by atoms with Crippen molar-refractivity contribution in [1.29, 1.82) is 0 Å². The molecule has 0 saturated heterocycles. The molecule has 3 aliphatic rings. The Labute approximate surface area is 232 Å². The molecule has 2 heterocycles. The van der Waals surface area contributed by atoms with Crippen molar-refractivity contribution < 1.29 is 0 Å². The summed E-state index contributed by atoms with van der Waals surface area (Å²) in [4.78, 5) is 2.46. The van der Waals surface area contributed by atoms with Crippen LogP contribution in [0.1, 0.15) is 26.3 Å². The van der Waals surface area contributed by atoms with E-state index in [1.165, 1.54) is 39.1 Å². The Hall–Kier alpha value is -4.24. The van der Waals surface area contributed by atoms with Crippen LogP contribution in [0.5, 0.6) is 0 Å². The van der Waals surface area contributed by atoms with Crippen molar-refractivity contribution in [3.8, 4) is 0 Å². The number of rotatable bonds is 5. The average Bonchev–Trinajstić information content (AvgIpc) is 3.41. The van der Waals surface area contributed by atoms with Gasteiger partial charge in [-0.25, -0.2) is 0 Å². The van der Waals surface area contributed by atoms with Gasteiger partial charge in [0.25, 0.3) is 0 Å². The number of allylic oxidation sites excluding steroid dienone is 5. The third kappa shape index (κ3) is 3.42. The Morgan fingerprint density at radius 3 is 2.31 bits per heavy atom. The molecular weight excluding hydrogens is 471 g/mol. The van der Waals surface area contributed by atoms with Crippen LogP contribution in [0.4, 0.5) is 28.4 Å². The minimum absolute atomic E-state index is 0.000267. The first-order valence-corrected chi connectivity index (χ1v) is 14.0. The van der Waals surface area contributed by atoms with E-state index >= 15 is 0 Å². The molecule has 0 bridgehead atoms. The van der Waals surface area contributed by atoms with E-state index in [-0.39, 0.29) is 12.1 Å². The molecule has 0 radical (unpaired) electrons. The van der Waals surface area contributed by atoms with E-state index in [2.05, 4.69) is 153 Å². The molecule has 0 fully saturated rings. The molecule has 190 valence electrons. The van der Waals surface area contributed by atoms with Crippen LogP contribution in [0, 0.1) is 17.3 Å². The van der Waals surface area contributed by atoms with Gasteiger partial charge in [0.15, 0.2) is 0 Å². The number of hydrogen-bond donors (Lipinski definition) is 1. The van der Waals surface area contributed by atoms with Crippen LogP contribution in [0.25, 0.3) is 5.57 Å². The smallest absolute Gasteiger partial charge is 0.244 e. The number of hydrogen-bond acceptors (Lipinski definition) is 2. The Morgan fingerprint density at radius 2 is 1.59 bits per heavy atom. The zero-order chi connectivity index (χ0) is 26.7. The molecule has 1 aliphatic carbocycles. The second-order valence-electron chi connectivity index (χ2n) is 11.5. The lowest BCUT2D eigenvalue weighted by Gasteiger charge is -2.39. The minimum atomic E-state index is 0.000267. The number of benzene rings is 4. The first-order valence-electron chi connectivity index (χ1n) is 14.0. The van der Waals surface area contributed by atoms with Crippen molar-refractivity contribution in [2.24, 2.45) is 17.3 Å². The number of nitrogens with zero attached hydrogens (tertiary/aromatic N) is 1. The summed E-state index contributed by atoms with van der Waals surface area (Å²) in [6, 6.07) is 35.1. The van der Waals surface area contributed by atoms with Crippen LogP contribution < -0.4 is 21.1 Å². The summed E-state index contributed by atoms with van der Waals surface area (Å²) < 4.78 is 0. The predicted molar refractivity (Wildman–Crippen MR) is 169 cm³/mol. The second-order valence-corrected chi connectivity index (χ2v) is 11.5. The standard InChI is InChI=1S/C36H33BN2/c1-5-14-27-29(6-2)36(3,4)33-28-19-13-20-31-34(28)37(35(27)33)30-22-21-25(38-24-15-9-7-10-16-24)23-32(30)39(31)26-17-11-8-12-18-26/h5-23,27,29,38H,2H2,1,3-4H3/b14-5-. The maximum atomic E-state index is 4.31. The Bertz CT molecular complexity index is 1650. The SMILES string of the molecule is C=CC1C(/C=C\C)C2=C(c3cccc4c3B2c2ccc(Nc3ccccc3)cc2N4c2ccccc2)C1(C)C. The monoisotopic (exact) mass is 504 g/mol. The molecule has 0 amide bonds. The third-order valence-electron chi connectivity index (χ3n) is 9.02. The molecule has 2 aliphatic heterocycles. The maximum absolute atomic E-state index is 4.31. The number of anilines is 5. The van der Waals surface area contributed by atoms with E-state index in [1.54, 1.807) is 5.47 Å². The highest BCUT2D eigenvalue weighted by atomic mass is 15.2. The topological polar surface area (TPSA) is 15.3 Å². The van der Waals surface area contributed by atoms with Crippen molar-refractivity contribution >= 4 is 51.6 Å². The fraction of sp³-hybridized carbons (Fsp3) is 0.167. The van der Waals surface area contributed by atoms with E-state index in [9.17, 15) is 0 Å². The molecule has 2 atom stereocenters.